The van der Waals surface area contributed by atoms with Crippen LogP contribution >= 0.6 is 0 Å². The third-order valence-electron chi connectivity index (χ3n) is 2.65. The smallest absolute Gasteiger partial charge is 0.110 e. The van der Waals surface area contributed by atoms with Gasteiger partial charge in [0.15, 0.2) is 0 Å². The molecule has 76 valence electrons. The first-order chi connectivity index (χ1) is 5.97. The largest absolute Gasteiger partial charge is 0.394 e. The number of aliphatic hydroxyl groups excluding tert-OH is 1. The van der Waals surface area contributed by atoms with Crippen LogP contribution in [0.1, 0.15) is 26.7 Å². The van der Waals surface area contributed by atoms with Crippen LogP contribution in [-0.4, -0.2) is 34.6 Å². The Hall–Kier alpha value is -0.380. The SMILES string of the molecule is C=C(C)C1CCC(C)(O)C(CO)O1. The summed E-state index contributed by atoms with van der Waals surface area (Å²) in [7, 11) is 0. The molecule has 1 heterocycles. The zero-order chi connectivity index (χ0) is 10.1. The highest BCUT2D eigenvalue weighted by molar-refractivity contribution is 5.03. The lowest BCUT2D eigenvalue weighted by Crippen LogP contribution is -2.50. The molecular formula is C10H18O3. The van der Waals surface area contributed by atoms with Gasteiger partial charge in [0.1, 0.15) is 6.10 Å². The summed E-state index contributed by atoms with van der Waals surface area (Å²) in [5, 5.41) is 18.8. The minimum absolute atomic E-state index is 0.0163. The zero-order valence-corrected chi connectivity index (χ0v) is 8.29. The first-order valence-corrected chi connectivity index (χ1v) is 4.61. The number of hydrogen-bond acceptors (Lipinski definition) is 3. The quantitative estimate of drug-likeness (QED) is 0.629. The fourth-order valence-electron chi connectivity index (χ4n) is 1.60. The highest BCUT2D eigenvalue weighted by atomic mass is 16.5. The van der Waals surface area contributed by atoms with E-state index >= 15 is 0 Å². The summed E-state index contributed by atoms with van der Waals surface area (Å²) in [4.78, 5) is 0. The molecule has 1 aliphatic heterocycles. The molecule has 3 atom stereocenters. The average molecular weight is 186 g/mol. The van der Waals surface area contributed by atoms with E-state index in [1.807, 2.05) is 6.92 Å². The van der Waals surface area contributed by atoms with Gasteiger partial charge in [0.2, 0.25) is 0 Å². The summed E-state index contributed by atoms with van der Waals surface area (Å²) in [6, 6.07) is 0. The van der Waals surface area contributed by atoms with E-state index < -0.39 is 11.7 Å². The van der Waals surface area contributed by atoms with Crippen molar-refractivity contribution in [3.05, 3.63) is 12.2 Å². The summed E-state index contributed by atoms with van der Waals surface area (Å²) >= 11 is 0. The first kappa shape index (κ1) is 10.7. The lowest BCUT2D eigenvalue weighted by atomic mass is 9.87. The van der Waals surface area contributed by atoms with Crippen LogP contribution in [0.4, 0.5) is 0 Å². The van der Waals surface area contributed by atoms with Crippen molar-refractivity contribution in [1.82, 2.24) is 0 Å². The molecule has 0 saturated carbocycles. The molecule has 3 nitrogen and oxygen atoms in total. The van der Waals surface area contributed by atoms with Crippen LogP contribution in [0.2, 0.25) is 0 Å². The second-order valence-electron chi connectivity index (χ2n) is 4.04. The Balaban J connectivity index is 2.63. The average Bonchev–Trinajstić information content (AvgIpc) is 2.03. The Labute approximate surface area is 79.0 Å². The van der Waals surface area contributed by atoms with Gasteiger partial charge in [0.25, 0.3) is 0 Å². The van der Waals surface area contributed by atoms with E-state index in [1.54, 1.807) is 6.92 Å². The van der Waals surface area contributed by atoms with Crippen LogP contribution in [0, 0.1) is 0 Å². The highest BCUT2D eigenvalue weighted by Crippen LogP contribution is 2.30. The Bertz CT molecular complexity index is 198. The molecular weight excluding hydrogens is 168 g/mol. The molecule has 3 heteroatoms. The van der Waals surface area contributed by atoms with Crippen molar-refractivity contribution >= 4 is 0 Å². The van der Waals surface area contributed by atoms with E-state index in [4.69, 9.17) is 9.84 Å². The third kappa shape index (κ3) is 2.30. The normalized spacial score (nSPS) is 40.3. The monoisotopic (exact) mass is 186 g/mol. The first-order valence-electron chi connectivity index (χ1n) is 4.61. The molecule has 0 radical (unpaired) electrons. The molecule has 0 bridgehead atoms. The highest BCUT2D eigenvalue weighted by Gasteiger charge is 2.38. The maximum atomic E-state index is 9.82. The van der Waals surface area contributed by atoms with Gasteiger partial charge in [-0.15, -0.1) is 0 Å². The molecule has 0 amide bonds. The lowest BCUT2D eigenvalue weighted by Gasteiger charge is -2.40. The molecule has 1 saturated heterocycles. The van der Waals surface area contributed by atoms with Crippen molar-refractivity contribution in [2.75, 3.05) is 6.61 Å². The van der Waals surface area contributed by atoms with Crippen LogP contribution in [0.25, 0.3) is 0 Å². The summed E-state index contributed by atoms with van der Waals surface area (Å²) in [6.07, 6.45) is 0.925. The molecule has 0 aromatic heterocycles. The van der Waals surface area contributed by atoms with Crippen molar-refractivity contribution in [1.29, 1.82) is 0 Å². The molecule has 1 aliphatic rings. The molecule has 1 rings (SSSR count). The number of aliphatic hydroxyl groups is 2. The number of hydrogen-bond donors (Lipinski definition) is 2. The van der Waals surface area contributed by atoms with Crippen LogP contribution in [0.3, 0.4) is 0 Å². The molecule has 3 unspecified atom stereocenters. The van der Waals surface area contributed by atoms with Gasteiger partial charge < -0.3 is 14.9 Å². The van der Waals surface area contributed by atoms with E-state index in [9.17, 15) is 5.11 Å². The van der Waals surface area contributed by atoms with Gasteiger partial charge in [-0.2, -0.15) is 0 Å². The van der Waals surface area contributed by atoms with Crippen LogP contribution in [0.15, 0.2) is 12.2 Å². The van der Waals surface area contributed by atoms with E-state index in [0.717, 1.165) is 12.0 Å². The molecule has 0 spiro atoms. The maximum absolute atomic E-state index is 9.82. The van der Waals surface area contributed by atoms with Gasteiger partial charge in [-0.3, -0.25) is 0 Å². The van der Waals surface area contributed by atoms with Crippen LogP contribution < -0.4 is 0 Å². The molecule has 0 aromatic carbocycles. The predicted octanol–water partition coefficient (Wildman–Crippen LogP) is 0.853. The zero-order valence-electron chi connectivity index (χ0n) is 8.29. The van der Waals surface area contributed by atoms with Crippen molar-refractivity contribution in [3.63, 3.8) is 0 Å². The minimum Gasteiger partial charge on any atom is -0.394 e. The molecule has 0 aromatic rings. The Morgan fingerprint density at radius 2 is 2.31 bits per heavy atom. The Morgan fingerprint density at radius 3 is 2.77 bits per heavy atom. The predicted molar refractivity (Wildman–Crippen MR) is 50.4 cm³/mol. The molecule has 0 aliphatic carbocycles. The van der Waals surface area contributed by atoms with Gasteiger partial charge in [-0.25, -0.2) is 0 Å². The van der Waals surface area contributed by atoms with E-state index in [-0.39, 0.29) is 12.7 Å². The Kier molecular flexibility index (Phi) is 3.11. The van der Waals surface area contributed by atoms with Crippen molar-refractivity contribution < 1.29 is 14.9 Å². The summed E-state index contributed by atoms with van der Waals surface area (Å²) in [6.45, 7) is 7.26. The fraction of sp³-hybridized carbons (Fsp3) is 0.800. The minimum atomic E-state index is -0.902. The second kappa shape index (κ2) is 3.78. The topological polar surface area (TPSA) is 49.7 Å². The van der Waals surface area contributed by atoms with Crippen LogP contribution in [0.5, 0.6) is 0 Å². The lowest BCUT2D eigenvalue weighted by molar-refractivity contribution is -0.171. The third-order valence-corrected chi connectivity index (χ3v) is 2.65. The van der Waals surface area contributed by atoms with E-state index in [0.29, 0.717) is 6.42 Å². The number of ether oxygens (including phenoxy) is 1. The molecule has 1 fully saturated rings. The van der Waals surface area contributed by atoms with E-state index in [1.165, 1.54) is 0 Å². The fourth-order valence-corrected chi connectivity index (χ4v) is 1.60. The van der Waals surface area contributed by atoms with Crippen molar-refractivity contribution in [2.24, 2.45) is 0 Å². The van der Waals surface area contributed by atoms with E-state index in [2.05, 4.69) is 6.58 Å². The number of rotatable bonds is 2. The molecule has 13 heavy (non-hydrogen) atoms. The van der Waals surface area contributed by atoms with Gasteiger partial charge in [0, 0.05) is 0 Å². The summed E-state index contributed by atoms with van der Waals surface area (Å²) in [5.74, 6) is 0. The standard InChI is InChI=1S/C10H18O3/c1-7(2)8-4-5-10(3,12)9(6-11)13-8/h8-9,11-12H,1,4-6H2,2-3H3. The van der Waals surface area contributed by atoms with Gasteiger partial charge >= 0.3 is 0 Å². The second-order valence-corrected chi connectivity index (χ2v) is 4.04. The van der Waals surface area contributed by atoms with Crippen molar-refractivity contribution in [3.8, 4) is 0 Å². The van der Waals surface area contributed by atoms with Crippen molar-refractivity contribution in [2.45, 2.75) is 44.5 Å². The summed E-state index contributed by atoms with van der Waals surface area (Å²) < 4.78 is 5.51. The Morgan fingerprint density at radius 1 is 1.69 bits per heavy atom. The molecule has 2 N–H and O–H groups in total. The van der Waals surface area contributed by atoms with Crippen LogP contribution in [-0.2, 0) is 4.74 Å². The maximum Gasteiger partial charge on any atom is 0.110 e. The van der Waals surface area contributed by atoms with Gasteiger partial charge in [-0.1, -0.05) is 12.2 Å². The summed E-state index contributed by atoms with van der Waals surface area (Å²) in [5.41, 5.74) is 0.0506. The van der Waals surface area contributed by atoms with Gasteiger partial charge in [0.05, 0.1) is 18.3 Å². The van der Waals surface area contributed by atoms with Gasteiger partial charge in [-0.05, 0) is 26.7 Å².